The highest BCUT2D eigenvalue weighted by Crippen LogP contribution is 2.47. The molecule has 2 saturated carbocycles. The Kier molecular flexibility index (Phi) is 4.46. The van der Waals surface area contributed by atoms with Crippen LogP contribution in [0, 0.1) is 25.7 Å². The third kappa shape index (κ3) is 3.16. The average molecular weight is 413 g/mol. The molecule has 0 saturated heterocycles. The van der Waals surface area contributed by atoms with Crippen molar-refractivity contribution in [2.45, 2.75) is 64.7 Å². The van der Waals surface area contributed by atoms with Gasteiger partial charge in [-0.3, -0.25) is 4.79 Å². The summed E-state index contributed by atoms with van der Waals surface area (Å²) in [5.41, 5.74) is 2.86. The summed E-state index contributed by atoms with van der Waals surface area (Å²) < 4.78 is 5.55. The smallest absolute Gasteiger partial charge is 0.332 e. The summed E-state index contributed by atoms with van der Waals surface area (Å²) in [6.45, 7) is 4.04. The minimum absolute atomic E-state index is 0.0276. The number of carboxylic acids is 1. The first-order valence-electron chi connectivity index (χ1n) is 10.4. The van der Waals surface area contributed by atoms with Gasteiger partial charge < -0.3 is 9.63 Å². The number of aliphatic carboxylic acids is 1. The van der Waals surface area contributed by atoms with Crippen LogP contribution in [0.1, 0.15) is 65.6 Å². The monoisotopic (exact) mass is 412 g/mol. The van der Waals surface area contributed by atoms with E-state index in [9.17, 15) is 14.7 Å². The molecule has 0 atom stereocenters. The van der Waals surface area contributed by atoms with Crippen LogP contribution in [-0.2, 0) is 16.0 Å². The number of carboxylic acid groups (broad SMARTS) is 1. The number of ketones is 1. The predicted octanol–water partition coefficient (Wildman–Crippen LogP) is 4.61. The zero-order valence-corrected chi connectivity index (χ0v) is 17.5. The van der Waals surface area contributed by atoms with Gasteiger partial charge >= 0.3 is 5.97 Å². The number of thiophene rings is 1. The van der Waals surface area contributed by atoms with Gasteiger partial charge in [0.25, 0.3) is 5.89 Å². The maximum Gasteiger partial charge on any atom is 0.332 e. The number of rotatable bonds is 6. The maximum absolute atomic E-state index is 13.3. The second kappa shape index (κ2) is 6.90. The molecule has 152 valence electrons. The van der Waals surface area contributed by atoms with Crippen LogP contribution in [0.2, 0.25) is 0 Å². The number of aromatic nitrogens is 2. The van der Waals surface area contributed by atoms with Gasteiger partial charge in [0, 0.05) is 33.2 Å². The predicted molar refractivity (Wildman–Crippen MR) is 108 cm³/mol. The zero-order chi connectivity index (χ0) is 20.3. The maximum atomic E-state index is 13.3. The number of allylic oxidation sites excluding steroid dienone is 1. The van der Waals surface area contributed by atoms with E-state index in [1.807, 2.05) is 13.8 Å². The van der Waals surface area contributed by atoms with E-state index in [2.05, 4.69) is 10.1 Å². The molecule has 1 N–H and O–H groups in total. The van der Waals surface area contributed by atoms with Crippen molar-refractivity contribution in [2.75, 3.05) is 0 Å². The van der Waals surface area contributed by atoms with Gasteiger partial charge in [-0.15, -0.1) is 11.3 Å². The van der Waals surface area contributed by atoms with Gasteiger partial charge in [-0.05, 0) is 69.8 Å². The number of Topliss-reactive ketones (excluding diaryl/α,β-unsaturated/α-hetero) is 1. The molecule has 7 heteroatoms. The number of carbonyl (C=O) groups excluding carboxylic acids is 1. The normalized spacial score (nSPS) is 23.7. The first kappa shape index (κ1) is 18.7. The van der Waals surface area contributed by atoms with Crippen molar-refractivity contribution in [2.24, 2.45) is 11.8 Å². The van der Waals surface area contributed by atoms with Crippen LogP contribution in [0.3, 0.4) is 0 Å². The number of nitrogens with zero attached hydrogens (tertiary/aromatic N) is 2. The van der Waals surface area contributed by atoms with Crippen LogP contribution in [0.5, 0.6) is 0 Å². The van der Waals surface area contributed by atoms with Crippen LogP contribution in [-0.4, -0.2) is 27.0 Å². The van der Waals surface area contributed by atoms with Gasteiger partial charge in [0.2, 0.25) is 0 Å². The fraction of sp³-hybridized carbons (Fsp3) is 0.545. The summed E-state index contributed by atoms with van der Waals surface area (Å²) in [6, 6.07) is 0. The lowest BCUT2D eigenvalue weighted by atomic mass is 9.65. The fourth-order valence-electron chi connectivity index (χ4n) is 4.96. The number of hydrogen-bond acceptors (Lipinski definition) is 6. The molecule has 0 radical (unpaired) electrons. The van der Waals surface area contributed by atoms with Crippen LogP contribution >= 0.6 is 11.3 Å². The van der Waals surface area contributed by atoms with Crippen LogP contribution in [0.4, 0.5) is 0 Å². The van der Waals surface area contributed by atoms with E-state index in [4.69, 9.17) is 4.52 Å². The average Bonchev–Trinajstić information content (AvgIpc) is 3.39. The first-order valence-corrected chi connectivity index (χ1v) is 11.2. The molecular weight excluding hydrogens is 388 g/mol. The van der Waals surface area contributed by atoms with Crippen molar-refractivity contribution in [3.63, 3.8) is 0 Å². The fourth-order valence-corrected chi connectivity index (χ4v) is 6.14. The molecule has 0 amide bonds. The lowest BCUT2D eigenvalue weighted by molar-refractivity contribution is -0.134. The van der Waals surface area contributed by atoms with Gasteiger partial charge in [0.15, 0.2) is 11.6 Å². The Bertz CT molecular complexity index is 1040. The van der Waals surface area contributed by atoms with Crippen LogP contribution < -0.4 is 0 Å². The van der Waals surface area contributed by atoms with E-state index in [0.717, 1.165) is 65.2 Å². The molecule has 6 nitrogen and oxygen atoms in total. The molecule has 0 aliphatic heterocycles. The molecular formula is C22H24N2O4S. The van der Waals surface area contributed by atoms with Gasteiger partial charge in [-0.1, -0.05) is 5.16 Å². The molecule has 2 heterocycles. The van der Waals surface area contributed by atoms with E-state index in [-0.39, 0.29) is 24.0 Å². The van der Waals surface area contributed by atoms with E-state index in [1.54, 1.807) is 11.3 Å². The summed E-state index contributed by atoms with van der Waals surface area (Å²) in [5.74, 6) is 0.774. The van der Waals surface area contributed by atoms with Gasteiger partial charge in [-0.25, -0.2) is 4.79 Å². The summed E-state index contributed by atoms with van der Waals surface area (Å²) in [4.78, 5) is 31.8. The highest BCUT2D eigenvalue weighted by molar-refractivity contribution is 7.12. The molecule has 0 spiro atoms. The molecule has 4 aliphatic rings. The first-order chi connectivity index (χ1) is 13.9. The Morgan fingerprint density at radius 2 is 1.66 bits per heavy atom. The second-order valence-electron chi connectivity index (χ2n) is 8.59. The van der Waals surface area contributed by atoms with Gasteiger partial charge in [0.05, 0.1) is 5.56 Å². The van der Waals surface area contributed by atoms with Gasteiger partial charge in [0.1, 0.15) is 0 Å². The SMILES string of the molecule is Cc1sc(CC(=O)C2=C(C(=O)O)C3CCC2CC3)c(-c2nc(C3CC3)no2)c1C. The number of hydrogen-bond donors (Lipinski definition) is 1. The van der Waals surface area contributed by atoms with Crippen molar-refractivity contribution in [3.05, 3.63) is 32.3 Å². The summed E-state index contributed by atoms with van der Waals surface area (Å²) >= 11 is 1.57. The molecule has 0 aromatic carbocycles. The van der Waals surface area contributed by atoms with E-state index >= 15 is 0 Å². The Balaban J connectivity index is 1.50. The molecule has 29 heavy (non-hydrogen) atoms. The molecule has 2 fully saturated rings. The molecule has 2 aromatic heterocycles. The number of carbonyl (C=O) groups is 2. The van der Waals surface area contributed by atoms with Crippen molar-refractivity contribution in [1.82, 2.24) is 10.1 Å². The van der Waals surface area contributed by atoms with Crippen molar-refractivity contribution >= 4 is 23.1 Å². The highest BCUT2D eigenvalue weighted by atomic mass is 32.1. The molecule has 2 aromatic rings. The summed E-state index contributed by atoms with van der Waals surface area (Å²) in [5, 5.41) is 13.9. The quantitative estimate of drug-likeness (QED) is 0.745. The van der Waals surface area contributed by atoms with Gasteiger partial charge in [-0.2, -0.15) is 4.98 Å². The third-order valence-corrected chi connectivity index (χ3v) is 7.95. The van der Waals surface area contributed by atoms with Crippen molar-refractivity contribution in [3.8, 4) is 11.5 Å². The van der Waals surface area contributed by atoms with Crippen LogP contribution in [0.25, 0.3) is 11.5 Å². The lowest BCUT2D eigenvalue weighted by Crippen LogP contribution is -2.34. The molecule has 4 aliphatic carbocycles. The summed E-state index contributed by atoms with van der Waals surface area (Å²) in [7, 11) is 0. The summed E-state index contributed by atoms with van der Waals surface area (Å²) in [6.07, 6.45) is 6.01. The minimum Gasteiger partial charge on any atom is -0.478 e. The lowest BCUT2D eigenvalue weighted by Gasteiger charge is -2.38. The molecule has 6 rings (SSSR count). The molecule has 0 unspecified atom stereocenters. The highest BCUT2D eigenvalue weighted by Gasteiger charge is 2.41. The van der Waals surface area contributed by atoms with Crippen molar-refractivity contribution < 1.29 is 19.2 Å². The number of aryl methyl sites for hydroxylation is 1. The van der Waals surface area contributed by atoms with E-state index in [0.29, 0.717) is 23.0 Å². The van der Waals surface area contributed by atoms with E-state index in [1.165, 1.54) is 0 Å². The van der Waals surface area contributed by atoms with Crippen molar-refractivity contribution in [1.29, 1.82) is 0 Å². The Labute approximate surface area is 173 Å². The standard InChI is InChI=1S/C22H24N2O4S/c1-10-11(2)29-16(17(10)21-23-20(24-28-21)14-7-8-14)9-15(25)18-12-3-5-13(6-4-12)19(18)22(26)27/h12-14H,3-9H2,1-2H3,(H,26,27). The third-order valence-electron chi connectivity index (χ3n) is 6.74. The largest absolute Gasteiger partial charge is 0.478 e. The topological polar surface area (TPSA) is 93.3 Å². The Morgan fingerprint density at radius 3 is 2.28 bits per heavy atom. The van der Waals surface area contributed by atoms with Crippen LogP contribution in [0.15, 0.2) is 15.7 Å². The second-order valence-corrected chi connectivity index (χ2v) is 9.90. The Morgan fingerprint density at radius 1 is 1.03 bits per heavy atom. The number of fused-ring (bicyclic) bond motifs is 2. The Hall–Kier alpha value is -2.28. The minimum atomic E-state index is -0.924. The molecule has 2 bridgehead atoms. The van der Waals surface area contributed by atoms with E-state index < -0.39 is 5.97 Å². The zero-order valence-electron chi connectivity index (χ0n) is 16.7.